The van der Waals surface area contributed by atoms with Crippen molar-refractivity contribution in [2.45, 2.75) is 26.7 Å². The second-order valence-electron chi connectivity index (χ2n) is 4.57. The Labute approximate surface area is 109 Å². The molecular formula is C17H19N. The third-order valence-electron chi connectivity index (χ3n) is 3.20. The summed E-state index contributed by atoms with van der Waals surface area (Å²) in [7, 11) is 0. The topological polar surface area (TPSA) is 12.9 Å². The smallest absolute Gasteiger partial charge is 0.0708 e. The maximum Gasteiger partial charge on any atom is 0.0708 e. The minimum Gasteiger partial charge on any atom is -0.248 e. The van der Waals surface area contributed by atoms with Crippen LogP contribution in [0.2, 0.25) is 0 Å². The summed E-state index contributed by atoms with van der Waals surface area (Å²) in [5, 5.41) is 0. The minimum atomic E-state index is 0.929. The standard InChI is InChI=1S/C17H19N/c1-4-14-12-13(3)8-6-10-16(14)17-11-7-9-15(5-2)18-17/h5-11H,2,4,12H2,1,3H3. The monoisotopic (exact) mass is 237 g/mol. The molecule has 0 amide bonds. The minimum absolute atomic E-state index is 0.929. The predicted molar refractivity (Wildman–Crippen MR) is 79.1 cm³/mol. The van der Waals surface area contributed by atoms with Crippen molar-refractivity contribution >= 4 is 11.6 Å². The lowest BCUT2D eigenvalue weighted by Gasteiger charge is -2.10. The van der Waals surface area contributed by atoms with E-state index in [1.807, 2.05) is 12.1 Å². The molecule has 1 aliphatic carbocycles. The predicted octanol–water partition coefficient (Wildman–Crippen LogP) is 4.79. The molecule has 92 valence electrons. The van der Waals surface area contributed by atoms with Crippen LogP contribution in [0.5, 0.6) is 0 Å². The molecular weight excluding hydrogens is 218 g/mol. The zero-order chi connectivity index (χ0) is 13.0. The molecule has 1 aromatic heterocycles. The number of allylic oxidation sites excluding steroid dienone is 6. The number of aromatic nitrogens is 1. The average molecular weight is 237 g/mol. The Kier molecular flexibility index (Phi) is 3.93. The summed E-state index contributed by atoms with van der Waals surface area (Å²) >= 11 is 0. The van der Waals surface area contributed by atoms with Gasteiger partial charge in [0.2, 0.25) is 0 Å². The molecule has 0 aromatic carbocycles. The van der Waals surface area contributed by atoms with Crippen LogP contribution in [-0.2, 0) is 0 Å². The first-order valence-corrected chi connectivity index (χ1v) is 6.40. The molecule has 0 unspecified atom stereocenters. The lowest BCUT2D eigenvalue weighted by Crippen LogP contribution is -1.94. The molecule has 0 saturated carbocycles. The highest BCUT2D eigenvalue weighted by Gasteiger charge is 2.09. The van der Waals surface area contributed by atoms with Crippen LogP contribution in [0.25, 0.3) is 11.6 Å². The lowest BCUT2D eigenvalue weighted by molar-refractivity contribution is 0.995. The fraction of sp³-hybridized carbons (Fsp3) is 0.235. The molecule has 1 heteroatoms. The Bertz CT molecular complexity index is 544. The Morgan fingerprint density at radius 2 is 2.22 bits per heavy atom. The van der Waals surface area contributed by atoms with E-state index in [9.17, 15) is 0 Å². The molecule has 18 heavy (non-hydrogen) atoms. The summed E-state index contributed by atoms with van der Waals surface area (Å²) in [6.07, 6.45) is 10.4. The van der Waals surface area contributed by atoms with Crippen LogP contribution in [-0.4, -0.2) is 4.98 Å². The van der Waals surface area contributed by atoms with E-state index in [0.29, 0.717) is 0 Å². The van der Waals surface area contributed by atoms with Crippen molar-refractivity contribution in [2.75, 3.05) is 0 Å². The number of pyridine rings is 1. The molecule has 0 atom stereocenters. The van der Waals surface area contributed by atoms with Crippen LogP contribution in [0.3, 0.4) is 0 Å². The van der Waals surface area contributed by atoms with Gasteiger partial charge in [-0.2, -0.15) is 0 Å². The summed E-state index contributed by atoms with van der Waals surface area (Å²) in [5.74, 6) is 0. The first-order chi connectivity index (χ1) is 8.74. The Morgan fingerprint density at radius 1 is 1.39 bits per heavy atom. The fourth-order valence-corrected chi connectivity index (χ4v) is 2.21. The maximum absolute atomic E-state index is 4.63. The van der Waals surface area contributed by atoms with E-state index in [-0.39, 0.29) is 0 Å². The highest BCUT2D eigenvalue weighted by Crippen LogP contribution is 2.28. The largest absolute Gasteiger partial charge is 0.248 e. The van der Waals surface area contributed by atoms with E-state index >= 15 is 0 Å². The maximum atomic E-state index is 4.63. The van der Waals surface area contributed by atoms with Gasteiger partial charge in [-0.25, -0.2) is 4.98 Å². The van der Waals surface area contributed by atoms with Gasteiger partial charge in [-0.15, -0.1) is 0 Å². The molecule has 1 aliphatic rings. The van der Waals surface area contributed by atoms with Crippen LogP contribution in [0.1, 0.15) is 38.1 Å². The van der Waals surface area contributed by atoms with Gasteiger partial charge in [-0.05, 0) is 43.5 Å². The number of nitrogens with zero attached hydrogens (tertiary/aromatic N) is 1. The van der Waals surface area contributed by atoms with E-state index in [1.54, 1.807) is 6.08 Å². The highest BCUT2D eigenvalue weighted by molar-refractivity contribution is 5.76. The van der Waals surface area contributed by atoms with Crippen molar-refractivity contribution in [3.63, 3.8) is 0 Å². The molecule has 0 aliphatic heterocycles. The van der Waals surface area contributed by atoms with E-state index < -0.39 is 0 Å². The van der Waals surface area contributed by atoms with E-state index in [4.69, 9.17) is 0 Å². The first kappa shape index (κ1) is 12.6. The Hall–Kier alpha value is -1.89. The molecule has 0 saturated heterocycles. The van der Waals surface area contributed by atoms with Gasteiger partial charge in [-0.1, -0.05) is 48.9 Å². The summed E-state index contributed by atoms with van der Waals surface area (Å²) in [6, 6.07) is 6.09. The highest BCUT2D eigenvalue weighted by atomic mass is 14.7. The zero-order valence-electron chi connectivity index (χ0n) is 11.1. The molecule has 1 nitrogen and oxygen atoms in total. The SMILES string of the molecule is C=Cc1cccc(C2=C(CC)CC(C)=CC=C2)n1. The summed E-state index contributed by atoms with van der Waals surface area (Å²) < 4.78 is 0. The van der Waals surface area contributed by atoms with Gasteiger partial charge >= 0.3 is 0 Å². The van der Waals surface area contributed by atoms with Crippen LogP contribution in [0.15, 0.2) is 54.2 Å². The third kappa shape index (κ3) is 2.67. The van der Waals surface area contributed by atoms with Crippen molar-refractivity contribution in [3.8, 4) is 0 Å². The van der Waals surface area contributed by atoms with Crippen LogP contribution >= 0.6 is 0 Å². The van der Waals surface area contributed by atoms with Crippen molar-refractivity contribution < 1.29 is 0 Å². The molecule has 2 rings (SSSR count). The quantitative estimate of drug-likeness (QED) is 0.736. The van der Waals surface area contributed by atoms with Gasteiger partial charge in [-0.3, -0.25) is 0 Å². The molecule has 1 aromatic rings. The van der Waals surface area contributed by atoms with E-state index in [2.05, 4.69) is 49.7 Å². The number of hydrogen-bond donors (Lipinski definition) is 0. The van der Waals surface area contributed by atoms with Gasteiger partial charge in [0, 0.05) is 0 Å². The number of rotatable bonds is 3. The average Bonchev–Trinajstić information content (AvgIpc) is 2.60. The van der Waals surface area contributed by atoms with Crippen LogP contribution in [0.4, 0.5) is 0 Å². The van der Waals surface area contributed by atoms with Gasteiger partial charge in [0.25, 0.3) is 0 Å². The van der Waals surface area contributed by atoms with Crippen molar-refractivity contribution in [1.29, 1.82) is 0 Å². The fourth-order valence-electron chi connectivity index (χ4n) is 2.21. The molecule has 1 heterocycles. The van der Waals surface area contributed by atoms with Crippen LogP contribution in [0, 0.1) is 0 Å². The zero-order valence-corrected chi connectivity index (χ0v) is 11.1. The first-order valence-electron chi connectivity index (χ1n) is 6.40. The normalized spacial score (nSPS) is 15.3. The van der Waals surface area contributed by atoms with Gasteiger partial charge in [0.05, 0.1) is 11.4 Å². The summed E-state index contributed by atoms with van der Waals surface area (Å²) in [5.41, 5.74) is 6.08. The third-order valence-corrected chi connectivity index (χ3v) is 3.20. The Morgan fingerprint density at radius 3 is 2.94 bits per heavy atom. The molecule has 0 radical (unpaired) electrons. The van der Waals surface area contributed by atoms with Crippen molar-refractivity contribution in [2.24, 2.45) is 0 Å². The Balaban J connectivity index is 2.49. The molecule has 0 spiro atoms. The number of hydrogen-bond acceptors (Lipinski definition) is 1. The van der Waals surface area contributed by atoms with Gasteiger partial charge in [0.15, 0.2) is 0 Å². The molecule has 0 N–H and O–H groups in total. The van der Waals surface area contributed by atoms with E-state index in [1.165, 1.54) is 16.7 Å². The molecule has 0 fully saturated rings. The van der Waals surface area contributed by atoms with Crippen molar-refractivity contribution in [1.82, 2.24) is 4.98 Å². The van der Waals surface area contributed by atoms with Crippen LogP contribution < -0.4 is 0 Å². The second kappa shape index (κ2) is 5.63. The van der Waals surface area contributed by atoms with Gasteiger partial charge < -0.3 is 0 Å². The second-order valence-corrected chi connectivity index (χ2v) is 4.57. The van der Waals surface area contributed by atoms with Gasteiger partial charge in [0.1, 0.15) is 0 Å². The summed E-state index contributed by atoms with van der Waals surface area (Å²) in [4.78, 5) is 4.63. The summed E-state index contributed by atoms with van der Waals surface area (Å²) in [6.45, 7) is 8.16. The van der Waals surface area contributed by atoms with Crippen molar-refractivity contribution in [3.05, 3.63) is 65.5 Å². The van der Waals surface area contributed by atoms with E-state index in [0.717, 1.165) is 24.2 Å². The lowest BCUT2D eigenvalue weighted by atomic mass is 9.97. The molecule has 0 bridgehead atoms.